The predicted octanol–water partition coefficient (Wildman–Crippen LogP) is -0.131. The van der Waals surface area contributed by atoms with Gasteiger partial charge in [-0.1, -0.05) is 12.1 Å². The normalized spacial score (nSPS) is 22.9. The number of ether oxygens (including phenoxy) is 2. The molecule has 2 saturated heterocycles. The van der Waals surface area contributed by atoms with Gasteiger partial charge in [0.25, 0.3) is 0 Å². The molecule has 0 spiro atoms. The minimum absolute atomic E-state index is 0.0718. The number of hydrogen-bond donors (Lipinski definition) is 4. The van der Waals surface area contributed by atoms with Crippen LogP contribution in [0.3, 0.4) is 0 Å². The number of carbonyl (C=O) groups is 3. The van der Waals surface area contributed by atoms with E-state index in [1.165, 1.54) is 19.1 Å². The van der Waals surface area contributed by atoms with Crippen molar-refractivity contribution in [2.24, 2.45) is 0 Å². The maximum Gasteiger partial charge on any atom is 0.387 e. The molecule has 12 heteroatoms. The third kappa shape index (κ3) is 5.69. The van der Waals surface area contributed by atoms with Crippen molar-refractivity contribution < 1.29 is 42.9 Å². The van der Waals surface area contributed by atoms with Crippen LogP contribution >= 0.6 is 0 Å². The number of fused-ring (bicyclic) bond motifs is 2. The second-order valence-corrected chi connectivity index (χ2v) is 7.76. The number of rotatable bonds is 10. The third-order valence-electron chi connectivity index (χ3n) is 5.53. The molecule has 0 radical (unpaired) electrons. The number of carbonyl (C=O) groups excluding carboxylic acids is 2. The van der Waals surface area contributed by atoms with Crippen LogP contribution in [0.4, 0.5) is 8.78 Å². The van der Waals surface area contributed by atoms with E-state index in [9.17, 15) is 33.4 Å². The lowest BCUT2D eigenvalue weighted by atomic mass is 9.91. The van der Waals surface area contributed by atoms with Crippen LogP contribution in [0.5, 0.6) is 5.75 Å². The number of benzene rings is 1. The number of morpholine rings is 1. The van der Waals surface area contributed by atoms with E-state index in [-0.39, 0.29) is 35.8 Å². The Morgan fingerprint density at radius 3 is 2.34 bits per heavy atom. The number of nitrogens with one attached hydrogen (secondary N) is 2. The highest BCUT2D eigenvalue weighted by molar-refractivity contribution is 5.90. The van der Waals surface area contributed by atoms with Crippen LogP contribution in [0.2, 0.25) is 0 Å². The highest BCUT2D eigenvalue weighted by Crippen LogP contribution is 2.30. The van der Waals surface area contributed by atoms with Crippen molar-refractivity contribution in [2.75, 3.05) is 19.8 Å². The van der Waals surface area contributed by atoms with Gasteiger partial charge in [0.15, 0.2) is 6.04 Å². The summed E-state index contributed by atoms with van der Waals surface area (Å²) in [5.41, 5.74) is 0.0718. The molecule has 2 heterocycles. The second-order valence-electron chi connectivity index (χ2n) is 7.76. The van der Waals surface area contributed by atoms with Gasteiger partial charge in [0, 0.05) is 12.1 Å². The maximum absolute atomic E-state index is 12.4. The molecule has 2 aliphatic heterocycles. The third-order valence-corrected chi connectivity index (χ3v) is 5.53. The summed E-state index contributed by atoms with van der Waals surface area (Å²) in [5.74, 6) is -2.85. The number of halogens is 2. The van der Waals surface area contributed by atoms with Gasteiger partial charge in [0.05, 0.1) is 19.8 Å². The fourth-order valence-electron chi connectivity index (χ4n) is 3.78. The van der Waals surface area contributed by atoms with E-state index in [4.69, 9.17) is 4.74 Å². The Hall–Kier alpha value is -2.83. The molecular weight excluding hydrogens is 432 g/mol. The molecule has 32 heavy (non-hydrogen) atoms. The van der Waals surface area contributed by atoms with Crippen molar-refractivity contribution in [3.63, 3.8) is 0 Å². The zero-order valence-electron chi connectivity index (χ0n) is 17.2. The number of alkyl halides is 2. The molecule has 1 aromatic rings. The highest BCUT2D eigenvalue weighted by Gasteiger charge is 2.43. The van der Waals surface area contributed by atoms with E-state index >= 15 is 0 Å². The van der Waals surface area contributed by atoms with Crippen LogP contribution in [0.15, 0.2) is 24.3 Å². The fourth-order valence-corrected chi connectivity index (χ4v) is 3.78. The number of aliphatic carboxylic acids is 1. The van der Waals surface area contributed by atoms with Crippen LogP contribution in [0, 0.1) is 0 Å². The molecule has 2 fully saturated rings. The van der Waals surface area contributed by atoms with Gasteiger partial charge >= 0.3 is 12.6 Å². The number of hydrogen-bond acceptors (Lipinski definition) is 7. The fraction of sp³-hybridized carbons (Fsp3) is 0.550. The molecule has 3 rings (SSSR count). The summed E-state index contributed by atoms with van der Waals surface area (Å²) in [6, 6.07) is 2.31. The Labute approximate surface area is 182 Å². The molecule has 4 N–H and O–H groups in total. The number of aliphatic hydroxyl groups is 1. The molecular formula is C20H25F2N3O7. The number of amides is 2. The maximum atomic E-state index is 12.4. The predicted molar refractivity (Wildman–Crippen MR) is 105 cm³/mol. The Kier molecular flexibility index (Phi) is 7.59. The first-order chi connectivity index (χ1) is 15.2. The van der Waals surface area contributed by atoms with Crippen molar-refractivity contribution in [2.45, 2.75) is 50.2 Å². The minimum Gasteiger partial charge on any atom is -0.480 e. The van der Waals surface area contributed by atoms with E-state index < -0.39 is 36.7 Å². The number of carboxylic acid groups (broad SMARTS) is 1. The van der Waals surface area contributed by atoms with Crippen molar-refractivity contribution in [1.82, 2.24) is 15.5 Å². The second kappa shape index (κ2) is 10.2. The summed E-state index contributed by atoms with van der Waals surface area (Å²) < 4.78 is 34.0. The lowest BCUT2D eigenvalue weighted by molar-refractivity contribution is -0.147. The standard InChI is InChI=1S/C20H25F2N3O7/c1-10(23-15(26)7-25-12-6-13(25)9-31-8-12)18(28)24-16(19(29)30)17(27)11-2-4-14(5-3-11)32-20(21)22/h2-5,10,12-13,16-17,20,27H,6-9H2,1H3,(H,23,26)(H,24,28)(H,29,30)/t10-,12?,13?,16-,17+/m0/s1. The largest absolute Gasteiger partial charge is 0.480 e. The van der Waals surface area contributed by atoms with Gasteiger partial charge in [-0.3, -0.25) is 14.5 Å². The molecule has 2 unspecified atom stereocenters. The first-order valence-corrected chi connectivity index (χ1v) is 10.0. The van der Waals surface area contributed by atoms with Gasteiger partial charge < -0.3 is 30.3 Å². The van der Waals surface area contributed by atoms with Crippen molar-refractivity contribution >= 4 is 17.8 Å². The SMILES string of the molecule is C[C@H](NC(=O)CN1C2COCC1C2)C(=O)N[C@H](C(=O)O)[C@H](O)c1ccc(OC(F)F)cc1. The molecule has 0 aliphatic carbocycles. The van der Waals surface area contributed by atoms with Crippen LogP contribution < -0.4 is 15.4 Å². The number of aliphatic hydroxyl groups excluding tert-OH is 1. The van der Waals surface area contributed by atoms with Crippen LogP contribution in [-0.4, -0.2) is 83.4 Å². The Bertz CT molecular complexity index is 825. The summed E-state index contributed by atoms with van der Waals surface area (Å²) in [7, 11) is 0. The van der Waals surface area contributed by atoms with Crippen molar-refractivity contribution in [3.8, 4) is 5.75 Å². The number of carboxylic acids is 1. The number of nitrogens with zero attached hydrogens (tertiary/aromatic N) is 1. The molecule has 0 aromatic heterocycles. The Balaban J connectivity index is 1.54. The molecule has 176 valence electrons. The van der Waals surface area contributed by atoms with Gasteiger partial charge in [-0.05, 0) is 31.0 Å². The topological polar surface area (TPSA) is 137 Å². The summed E-state index contributed by atoms with van der Waals surface area (Å²) in [6.07, 6.45) is -0.697. The van der Waals surface area contributed by atoms with Gasteiger partial charge in [-0.15, -0.1) is 0 Å². The molecule has 5 atom stereocenters. The average molecular weight is 457 g/mol. The molecule has 1 aromatic carbocycles. The van der Waals surface area contributed by atoms with E-state index in [2.05, 4.69) is 15.4 Å². The zero-order valence-corrected chi connectivity index (χ0v) is 17.2. The van der Waals surface area contributed by atoms with E-state index in [1.807, 2.05) is 4.90 Å². The summed E-state index contributed by atoms with van der Waals surface area (Å²) >= 11 is 0. The minimum atomic E-state index is -3.03. The van der Waals surface area contributed by atoms with Crippen LogP contribution in [0.1, 0.15) is 25.0 Å². The van der Waals surface area contributed by atoms with Gasteiger partial charge in [0.2, 0.25) is 11.8 Å². The highest BCUT2D eigenvalue weighted by atomic mass is 19.3. The molecule has 2 aliphatic rings. The van der Waals surface area contributed by atoms with Gasteiger partial charge in [-0.2, -0.15) is 8.78 Å². The quantitative estimate of drug-likeness (QED) is 0.381. The van der Waals surface area contributed by atoms with Crippen LogP contribution in [0.25, 0.3) is 0 Å². The first kappa shape index (κ1) is 23.8. The summed E-state index contributed by atoms with van der Waals surface area (Å²) in [5, 5.41) is 24.6. The molecule has 0 saturated carbocycles. The van der Waals surface area contributed by atoms with Gasteiger partial charge in [0.1, 0.15) is 17.9 Å². The molecule has 2 amide bonds. The van der Waals surface area contributed by atoms with Crippen LogP contribution in [-0.2, 0) is 19.1 Å². The van der Waals surface area contributed by atoms with Crippen molar-refractivity contribution in [3.05, 3.63) is 29.8 Å². The molecule has 10 nitrogen and oxygen atoms in total. The van der Waals surface area contributed by atoms with Gasteiger partial charge in [-0.25, -0.2) is 4.79 Å². The van der Waals surface area contributed by atoms with E-state index in [0.29, 0.717) is 13.2 Å². The van der Waals surface area contributed by atoms with E-state index in [1.54, 1.807) is 0 Å². The smallest absolute Gasteiger partial charge is 0.387 e. The monoisotopic (exact) mass is 457 g/mol. The zero-order chi connectivity index (χ0) is 23.4. The Morgan fingerprint density at radius 1 is 1.19 bits per heavy atom. The van der Waals surface area contributed by atoms with E-state index in [0.717, 1.165) is 18.6 Å². The lowest BCUT2D eigenvalue weighted by Crippen LogP contribution is -2.65. The summed E-state index contributed by atoms with van der Waals surface area (Å²) in [4.78, 5) is 38.3. The lowest BCUT2D eigenvalue weighted by Gasteiger charge is -2.52. The Morgan fingerprint density at radius 2 is 1.81 bits per heavy atom. The van der Waals surface area contributed by atoms with Crippen molar-refractivity contribution in [1.29, 1.82) is 0 Å². The molecule has 2 bridgehead atoms. The summed E-state index contributed by atoms with van der Waals surface area (Å²) in [6.45, 7) is -0.397. The average Bonchev–Trinajstić information content (AvgIpc) is 2.75. The first-order valence-electron chi connectivity index (χ1n) is 10.0.